The maximum absolute atomic E-state index is 5.61. The second kappa shape index (κ2) is 3.76. The number of fused-ring (bicyclic) bond motifs is 1. The number of nitrogens with zero attached hydrogens (tertiary/aromatic N) is 1. The van der Waals surface area contributed by atoms with Gasteiger partial charge in [0.2, 0.25) is 0 Å². The first-order valence-corrected chi connectivity index (χ1v) is 5.79. The normalized spacial score (nSPS) is 21.5. The zero-order chi connectivity index (χ0) is 9.26. The molecular formula is C10H16N2S. The predicted molar refractivity (Wildman–Crippen MR) is 56.2 cm³/mol. The highest BCUT2D eigenvalue weighted by Crippen LogP contribution is 2.37. The number of aryl methyl sites for hydroxylation is 2. The minimum atomic E-state index is 0.708. The van der Waals surface area contributed by atoms with Gasteiger partial charge in [0.15, 0.2) is 0 Å². The van der Waals surface area contributed by atoms with Crippen molar-refractivity contribution < 1.29 is 0 Å². The van der Waals surface area contributed by atoms with E-state index in [1.54, 1.807) is 0 Å². The molecule has 1 aromatic rings. The average molecular weight is 196 g/mol. The lowest BCUT2D eigenvalue weighted by Gasteiger charge is -2.20. The molecule has 1 aliphatic carbocycles. The first-order valence-electron chi connectivity index (χ1n) is 4.97. The Bertz CT molecular complexity index is 293. The summed E-state index contributed by atoms with van der Waals surface area (Å²) in [7, 11) is 0. The summed E-state index contributed by atoms with van der Waals surface area (Å²) in [5, 5.41) is 1.22. The number of hydrogen-bond acceptors (Lipinski definition) is 3. The van der Waals surface area contributed by atoms with E-state index in [4.69, 9.17) is 5.73 Å². The molecule has 2 rings (SSSR count). The van der Waals surface area contributed by atoms with E-state index in [1.165, 1.54) is 34.8 Å². The van der Waals surface area contributed by atoms with Crippen LogP contribution in [0.15, 0.2) is 0 Å². The molecule has 0 spiro atoms. The molecule has 0 radical (unpaired) electrons. The summed E-state index contributed by atoms with van der Waals surface area (Å²) in [4.78, 5) is 6.08. The smallest absolute Gasteiger partial charge is 0.0900 e. The monoisotopic (exact) mass is 196 g/mol. The van der Waals surface area contributed by atoms with Gasteiger partial charge in [0, 0.05) is 4.88 Å². The topological polar surface area (TPSA) is 38.9 Å². The highest BCUT2D eigenvalue weighted by molar-refractivity contribution is 7.11. The zero-order valence-corrected chi connectivity index (χ0v) is 8.86. The van der Waals surface area contributed by atoms with Crippen molar-refractivity contribution in [3.63, 3.8) is 0 Å². The SMILES string of the molecule is Cc1nc2c(s1)C(CCN)CCC2. The molecule has 0 saturated heterocycles. The van der Waals surface area contributed by atoms with Crippen LogP contribution in [0.25, 0.3) is 0 Å². The Morgan fingerprint density at radius 2 is 2.46 bits per heavy atom. The van der Waals surface area contributed by atoms with Crippen molar-refractivity contribution in [3.8, 4) is 0 Å². The number of nitrogens with two attached hydrogens (primary N) is 1. The van der Waals surface area contributed by atoms with Crippen LogP contribution in [-0.4, -0.2) is 11.5 Å². The molecule has 0 aromatic carbocycles. The predicted octanol–water partition coefficient (Wildman–Crippen LogP) is 2.22. The van der Waals surface area contributed by atoms with Gasteiger partial charge in [0.25, 0.3) is 0 Å². The summed E-state index contributed by atoms with van der Waals surface area (Å²) in [6, 6.07) is 0. The highest BCUT2D eigenvalue weighted by Gasteiger charge is 2.22. The Kier molecular flexibility index (Phi) is 2.65. The van der Waals surface area contributed by atoms with Crippen LogP contribution in [0.2, 0.25) is 0 Å². The van der Waals surface area contributed by atoms with Gasteiger partial charge in [-0.05, 0) is 45.1 Å². The fraction of sp³-hybridized carbons (Fsp3) is 0.700. The van der Waals surface area contributed by atoms with Gasteiger partial charge >= 0.3 is 0 Å². The largest absolute Gasteiger partial charge is 0.330 e. The molecular weight excluding hydrogens is 180 g/mol. The van der Waals surface area contributed by atoms with Gasteiger partial charge in [-0.1, -0.05) is 0 Å². The Labute approximate surface area is 83.2 Å². The fourth-order valence-corrected chi connectivity index (χ4v) is 3.25. The van der Waals surface area contributed by atoms with E-state index in [1.807, 2.05) is 11.3 Å². The van der Waals surface area contributed by atoms with Crippen LogP contribution in [0.5, 0.6) is 0 Å². The molecule has 1 heterocycles. The zero-order valence-electron chi connectivity index (χ0n) is 8.05. The molecule has 0 amide bonds. The minimum absolute atomic E-state index is 0.708. The summed E-state index contributed by atoms with van der Waals surface area (Å²) in [5.74, 6) is 0.708. The van der Waals surface area contributed by atoms with Gasteiger partial charge in [-0.3, -0.25) is 0 Å². The lowest BCUT2D eigenvalue weighted by Crippen LogP contribution is -2.12. The third-order valence-corrected chi connectivity index (χ3v) is 3.86. The molecule has 1 unspecified atom stereocenters. The molecule has 1 aliphatic rings. The van der Waals surface area contributed by atoms with Gasteiger partial charge < -0.3 is 5.73 Å². The standard InChI is InChI=1S/C10H16N2S/c1-7-12-9-4-2-3-8(5-6-11)10(9)13-7/h8H,2-6,11H2,1H3. The molecule has 0 saturated carbocycles. The van der Waals surface area contributed by atoms with Gasteiger partial charge in [0.1, 0.15) is 0 Å². The van der Waals surface area contributed by atoms with Crippen molar-refractivity contribution in [1.82, 2.24) is 4.98 Å². The second-order valence-electron chi connectivity index (χ2n) is 3.71. The van der Waals surface area contributed by atoms with Gasteiger partial charge in [-0.15, -0.1) is 11.3 Å². The molecule has 13 heavy (non-hydrogen) atoms. The quantitative estimate of drug-likeness (QED) is 0.787. The second-order valence-corrected chi connectivity index (χ2v) is 4.95. The van der Waals surface area contributed by atoms with E-state index in [9.17, 15) is 0 Å². The van der Waals surface area contributed by atoms with Gasteiger partial charge in [-0.2, -0.15) is 0 Å². The Balaban J connectivity index is 2.25. The van der Waals surface area contributed by atoms with Crippen LogP contribution in [0, 0.1) is 6.92 Å². The average Bonchev–Trinajstić information content (AvgIpc) is 2.47. The van der Waals surface area contributed by atoms with Crippen molar-refractivity contribution in [3.05, 3.63) is 15.6 Å². The summed E-state index contributed by atoms with van der Waals surface area (Å²) >= 11 is 1.87. The summed E-state index contributed by atoms with van der Waals surface area (Å²) in [5.41, 5.74) is 6.96. The van der Waals surface area contributed by atoms with Gasteiger partial charge in [-0.25, -0.2) is 4.98 Å². The Morgan fingerprint density at radius 3 is 3.23 bits per heavy atom. The first-order chi connectivity index (χ1) is 6.31. The molecule has 0 fully saturated rings. The Hall–Kier alpha value is -0.410. The number of aromatic nitrogens is 1. The Morgan fingerprint density at radius 1 is 1.62 bits per heavy atom. The van der Waals surface area contributed by atoms with Crippen molar-refractivity contribution in [2.45, 2.75) is 38.5 Å². The summed E-state index contributed by atoms with van der Waals surface area (Å²) < 4.78 is 0. The number of hydrogen-bond donors (Lipinski definition) is 1. The molecule has 0 aliphatic heterocycles. The lowest BCUT2D eigenvalue weighted by molar-refractivity contribution is 0.530. The molecule has 2 N–H and O–H groups in total. The summed E-state index contributed by atoms with van der Waals surface area (Å²) in [6.45, 7) is 2.91. The first kappa shape index (κ1) is 9.16. The molecule has 1 atom stereocenters. The summed E-state index contributed by atoms with van der Waals surface area (Å²) in [6.07, 6.45) is 4.92. The van der Waals surface area contributed by atoms with Crippen LogP contribution >= 0.6 is 11.3 Å². The van der Waals surface area contributed by atoms with E-state index in [0.29, 0.717) is 5.92 Å². The van der Waals surface area contributed by atoms with Crippen LogP contribution in [-0.2, 0) is 6.42 Å². The van der Waals surface area contributed by atoms with Gasteiger partial charge in [0.05, 0.1) is 10.7 Å². The van der Waals surface area contributed by atoms with E-state index in [0.717, 1.165) is 13.0 Å². The van der Waals surface area contributed by atoms with Crippen LogP contribution < -0.4 is 5.73 Å². The van der Waals surface area contributed by atoms with Crippen molar-refractivity contribution in [2.75, 3.05) is 6.54 Å². The van der Waals surface area contributed by atoms with E-state index >= 15 is 0 Å². The molecule has 72 valence electrons. The lowest BCUT2D eigenvalue weighted by atomic mass is 9.89. The van der Waals surface area contributed by atoms with E-state index < -0.39 is 0 Å². The third-order valence-electron chi connectivity index (χ3n) is 2.69. The van der Waals surface area contributed by atoms with Crippen LogP contribution in [0.3, 0.4) is 0 Å². The fourth-order valence-electron chi connectivity index (χ4n) is 2.11. The third kappa shape index (κ3) is 1.76. The molecule has 1 aromatic heterocycles. The molecule has 2 nitrogen and oxygen atoms in total. The van der Waals surface area contributed by atoms with E-state index in [-0.39, 0.29) is 0 Å². The van der Waals surface area contributed by atoms with Crippen molar-refractivity contribution in [1.29, 1.82) is 0 Å². The van der Waals surface area contributed by atoms with Crippen LogP contribution in [0.1, 0.15) is 40.8 Å². The minimum Gasteiger partial charge on any atom is -0.330 e. The van der Waals surface area contributed by atoms with E-state index in [2.05, 4.69) is 11.9 Å². The van der Waals surface area contributed by atoms with Crippen molar-refractivity contribution in [2.24, 2.45) is 5.73 Å². The van der Waals surface area contributed by atoms with Crippen LogP contribution in [0.4, 0.5) is 0 Å². The number of thiazole rings is 1. The van der Waals surface area contributed by atoms with Crippen molar-refractivity contribution >= 4 is 11.3 Å². The maximum Gasteiger partial charge on any atom is 0.0900 e. The molecule has 0 bridgehead atoms. The maximum atomic E-state index is 5.61. The highest BCUT2D eigenvalue weighted by atomic mass is 32.1. The number of rotatable bonds is 2. The molecule has 3 heteroatoms.